The van der Waals surface area contributed by atoms with Crippen LogP contribution in [0.3, 0.4) is 0 Å². The predicted molar refractivity (Wildman–Crippen MR) is 61.8 cm³/mol. The first-order valence-electron chi connectivity index (χ1n) is 5.56. The molecular formula is C13H17NO2. The number of rotatable bonds is 2. The van der Waals surface area contributed by atoms with Gasteiger partial charge in [-0.3, -0.25) is 4.79 Å². The number of hydrogen-bond acceptors (Lipinski definition) is 2. The molecule has 0 spiro atoms. The van der Waals surface area contributed by atoms with Crippen LogP contribution >= 0.6 is 0 Å². The molecule has 0 saturated carbocycles. The van der Waals surface area contributed by atoms with E-state index in [9.17, 15) is 9.90 Å². The molecule has 0 radical (unpaired) electrons. The summed E-state index contributed by atoms with van der Waals surface area (Å²) in [5, 5.41) is 10.5. The van der Waals surface area contributed by atoms with Crippen molar-refractivity contribution >= 4 is 5.91 Å². The quantitative estimate of drug-likeness (QED) is 0.816. The topological polar surface area (TPSA) is 40.5 Å². The third-order valence-electron chi connectivity index (χ3n) is 3.46. The molecule has 2 rings (SSSR count). The van der Waals surface area contributed by atoms with Crippen LogP contribution in [-0.4, -0.2) is 29.5 Å². The highest BCUT2D eigenvalue weighted by Crippen LogP contribution is 2.35. The molecular weight excluding hydrogens is 202 g/mol. The highest BCUT2D eigenvalue weighted by Gasteiger charge is 2.43. The van der Waals surface area contributed by atoms with Crippen molar-refractivity contribution in [2.24, 2.45) is 5.92 Å². The number of benzene rings is 1. The Morgan fingerprint density at radius 1 is 1.38 bits per heavy atom. The van der Waals surface area contributed by atoms with E-state index in [0.29, 0.717) is 0 Å². The molecule has 1 fully saturated rings. The van der Waals surface area contributed by atoms with Crippen molar-refractivity contribution in [2.45, 2.75) is 18.9 Å². The van der Waals surface area contributed by atoms with Gasteiger partial charge in [0.25, 0.3) is 0 Å². The fourth-order valence-electron chi connectivity index (χ4n) is 2.32. The van der Waals surface area contributed by atoms with Gasteiger partial charge in [-0.15, -0.1) is 0 Å². The van der Waals surface area contributed by atoms with Crippen molar-refractivity contribution in [3.05, 3.63) is 35.9 Å². The first-order valence-corrected chi connectivity index (χ1v) is 5.56. The first-order chi connectivity index (χ1) is 7.53. The van der Waals surface area contributed by atoms with Crippen molar-refractivity contribution in [1.82, 2.24) is 4.90 Å². The van der Waals surface area contributed by atoms with Gasteiger partial charge in [0.1, 0.15) is 0 Å². The molecule has 2 atom stereocenters. The summed E-state index contributed by atoms with van der Waals surface area (Å²) in [7, 11) is 1.78. The molecule has 16 heavy (non-hydrogen) atoms. The van der Waals surface area contributed by atoms with Crippen LogP contribution in [0.15, 0.2) is 30.3 Å². The summed E-state index contributed by atoms with van der Waals surface area (Å²) in [6.07, 6.45) is 0.719. The molecule has 1 saturated heterocycles. The summed E-state index contributed by atoms with van der Waals surface area (Å²) >= 11 is 0. The van der Waals surface area contributed by atoms with Crippen molar-refractivity contribution in [3.63, 3.8) is 0 Å². The zero-order valence-corrected chi connectivity index (χ0v) is 9.68. The third kappa shape index (κ3) is 1.71. The molecule has 1 N–H and O–H groups in total. The lowest BCUT2D eigenvalue weighted by molar-refractivity contribution is -0.137. The summed E-state index contributed by atoms with van der Waals surface area (Å²) in [6, 6.07) is 9.40. The van der Waals surface area contributed by atoms with Gasteiger partial charge in [-0.2, -0.15) is 0 Å². The fraction of sp³-hybridized carbons (Fsp3) is 0.462. The van der Waals surface area contributed by atoms with Gasteiger partial charge in [0, 0.05) is 13.6 Å². The van der Waals surface area contributed by atoms with E-state index in [1.165, 1.54) is 0 Å². The van der Waals surface area contributed by atoms with Crippen LogP contribution in [0.4, 0.5) is 0 Å². The maximum absolute atomic E-state index is 11.9. The number of hydrogen-bond donors (Lipinski definition) is 1. The van der Waals surface area contributed by atoms with E-state index in [2.05, 4.69) is 0 Å². The number of likely N-dealkylation sites (tertiary alicyclic amines) is 1. The van der Waals surface area contributed by atoms with Crippen molar-refractivity contribution < 1.29 is 9.90 Å². The van der Waals surface area contributed by atoms with Crippen molar-refractivity contribution in [1.29, 1.82) is 0 Å². The molecule has 1 amide bonds. The third-order valence-corrected chi connectivity index (χ3v) is 3.46. The number of carbonyl (C=O) groups excluding carboxylic acids is 1. The monoisotopic (exact) mass is 219 g/mol. The lowest BCUT2D eigenvalue weighted by atomic mass is 9.82. The van der Waals surface area contributed by atoms with Crippen LogP contribution in [0.25, 0.3) is 0 Å². The van der Waals surface area contributed by atoms with Crippen LogP contribution < -0.4 is 0 Å². The van der Waals surface area contributed by atoms with Gasteiger partial charge in [-0.1, -0.05) is 30.3 Å². The molecule has 0 aromatic heterocycles. The largest absolute Gasteiger partial charge is 0.385 e. The van der Waals surface area contributed by atoms with E-state index in [1.54, 1.807) is 18.9 Å². The van der Waals surface area contributed by atoms with E-state index in [0.717, 1.165) is 18.5 Å². The summed E-state index contributed by atoms with van der Waals surface area (Å²) in [4.78, 5) is 13.6. The molecule has 1 aliphatic heterocycles. The van der Waals surface area contributed by atoms with Crippen LogP contribution in [0.1, 0.15) is 18.9 Å². The highest BCUT2D eigenvalue weighted by molar-refractivity contribution is 5.82. The summed E-state index contributed by atoms with van der Waals surface area (Å²) in [6.45, 7) is 2.45. The second kappa shape index (κ2) is 3.91. The Morgan fingerprint density at radius 2 is 2.00 bits per heavy atom. The van der Waals surface area contributed by atoms with Gasteiger partial charge in [-0.05, 0) is 18.9 Å². The van der Waals surface area contributed by atoms with E-state index in [-0.39, 0.29) is 11.8 Å². The Bertz CT molecular complexity index is 386. The standard InChI is InChI=1S/C13H17NO2/c1-13(16,10-6-4-3-5-7-10)11-8-9-14(2)12(11)15/h3-7,11,16H,8-9H2,1-2H3/t11-,13+/m1/s1. The van der Waals surface area contributed by atoms with Crippen molar-refractivity contribution in [2.75, 3.05) is 13.6 Å². The van der Waals surface area contributed by atoms with Gasteiger partial charge in [0.05, 0.1) is 11.5 Å². The lowest BCUT2D eigenvalue weighted by Gasteiger charge is -2.29. The zero-order chi connectivity index (χ0) is 11.8. The van der Waals surface area contributed by atoms with Gasteiger partial charge in [0.2, 0.25) is 5.91 Å². The van der Waals surface area contributed by atoms with E-state index in [4.69, 9.17) is 0 Å². The minimum Gasteiger partial charge on any atom is -0.385 e. The van der Waals surface area contributed by atoms with Gasteiger partial charge < -0.3 is 10.0 Å². The summed E-state index contributed by atoms with van der Waals surface area (Å²) in [5.41, 5.74) is -0.257. The Morgan fingerprint density at radius 3 is 2.50 bits per heavy atom. The fourth-order valence-corrected chi connectivity index (χ4v) is 2.32. The Kier molecular flexibility index (Phi) is 2.72. The van der Waals surface area contributed by atoms with Crippen LogP contribution in [0.2, 0.25) is 0 Å². The molecule has 0 unspecified atom stereocenters. The number of amides is 1. The average molecular weight is 219 g/mol. The second-order valence-electron chi connectivity index (χ2n) is 4.61. The smallest absolute Gasteiger partial charge is 0.228 e. The Balaban J connectivity index is 2.29. The molecule has 1 heterocycles. The molecule has 0 bridgehead atoms. The minimum atomic E-state index is -1.07. The minimum absolute atomic E-state index is 0.0360. The molecule has 1 aliphatic rings. The SMILES string of the molecule is CN1CC[C@@H]([C@@](C)(O)c2ccccc2)C1=O. The van der Waals surface area contributed by atoms with Crippen LogP contribution in [0, 0.1) is 5.92 Å². The molecule has 0 aliphatic carbocycles. The number of aliphatic hydroxyl groups is 1. The Hall–Kier alpha value is -1.35. The highest BCUT2D eigenvalue weighted by atomic mass is 16.3. The van der Waals surface area contributed by atoms with Gasteiger partial charge in [-0.25, -0.2) is 0 Å². The summed E-state index contributed by atoms with van der Waals surface area (Å²) in [5.74, 6) is -0.284. The molecule has 1 aromatic rings. The molecule has 1 aromatic carbocycles. The lowest BCUT2D eigenvalue weighted by Crippen LogP contribution is -2.37. The Labute approximate surface area is 95.7 Å². The van der Waals surface area contributed by atoms with E-state index in [1.807, 2.05) is 30.3 Å². The predicted octanol–water partition coefficient (Wildman–Crippen LogP) is 1.37. The summed E-state index contributed by atoms with van der Waals surface area (Å²) < 4.78 is 0. The number of carbonyl (C=O) groups is 1. The molecule has 3 heteroatoms. The van der Waals surface area contributed by atoms with Crippen LogP contribution in [-0.2, 0) is 10.4 Å². The maximum Gasteiger partial charge on any atom is 0.228 e. The molecule has 86 valence electrons. The van der Waals surface area contributed by atoms with E-state index >= 15 is 0 Å². The van der Waals surface area contributed by atoms with E-state index < -0.39 is 5.60 Å². The maximum atomic E-state index is 11.9. The zero-order valence-electron chi connectivity index (χ0n) is 9.68. The normalized spacial score (nSPS) is 24.6. The molecule has 3 nitrogen and oxygen atoms in total. The number of nitrogens with zero attached hydrogens (tertiary/aromatic N) is 1. The van der Waals surface area contributed by atoms with Crippen molar-refractivity contribution in [3.8, 4) is 0 Å². The average Bonchev–Trinajstić information content (AvgIpc) is 2.61. The second-order valence-corrected chi connectivity index (χ2v) is 4.61. The van der Waals surface area contributed by atoms with Crippen LogP contribution in [0.5, 0.6) is 0 Å². The first kappa shape index (κ1) is 11.1. The van der Waals surface area contributed by atoms with Gasteiger partial charge in [0.15, 0.2) is 0 Å². The van der Waals surface area contributed by atoms with Gasteiger partial charge >= 0.3 is 0 Å².